The Labute approximate surface area is 187 Å². The summed E-state index contributed by atoms with van der Waals surface area (Å²) in [5.41, 5.74) is 1.44. The van der Waals surface area contributed by atoms with Crippen LogP contribution in [-0.2, 0) is 13.2 Å². The van der Waals surface area contributed by atoms with Gasteiger partial charge in [0.1, 0.15) is 0 Å². The van der Waals surface area contributed by atoms with E-state index in [4.69, 9.17) is 0 Å². The monoisotopic (exact) mass is 449 g/mol. The lowest BCUT2D eigenvalue weighted by molar-refractivity contribution is -0.137. The molecule has 0 aliphatic carbocycles. The molecule has 0 bridgehead atoms. The molecular formula is C25H18F3N3O2. The summed E-state index contributed by atoms with van der Waals surface area (Å²) in [6.07, 6.45) is -1.22. The van der Waals surface area contributed by atoms with Crippen LogP contribution in [0.1, 0.15) is 32.1 Å². The van der Waals surface area contributed by atoms with Crippen LogP contribution in [0, 0.1) is 0 Å². The van der Waals surface area contributed by atoms with Gasteiger partial charge in [-0.15, -0.1) is 0 Å². The lowest BCUT2D eigenvalue weighted by atomic mass is 9.98. The molecule has 8 heteroatoms. The highest BCUT2D eigenvalue weighted by molar-refractivity contribution is 6.09. The van der Waals surface area contributed by atoms with Crippen LogP contribution in [0.2, 0.25) is 0 Å². The Morgan fingerprint density at radius 3 is 2.18 bits per heavy atom. The predicted octanol–water partition coefficient (Wildman–Crippen LogP) is 5.59. The molecule has 1 heterocycles. The molecular weight excluding hydrogens is 431 g/mol. The van der Waals surface area contributed by atoms with Crippen LogP contribution >= 0.6 is 0 Å². The molecule has 0 aliphatic rings. The van der Waals surface area contributed by atoms with E-state index in [1.807, 2.05) is 0 Å². The van der Waals surface area contributed by atoms with Gasteiger partial charge in [0.15, 0.2) is 5.82 Å². The number of halogens is 3. The van der Waals surface area contributed by atoms with Crippen LogP contribution in [0.25, 0.3) is 11.1 Å². The summed E-state index contributed by atoms with van der Waals surface area (Å²) in [4.78, 5) is 29.5. The highest BCUT2D eigenvalue weighted by Gasteiger charge is 2.30. The van der Waals surface area contributed by atoms with Crippen LogP contribution in [0.15, 0.2) is 85.2 Å². The van der Waals surface area contributed by atoms with Crippen molar-refractivity contribution in [2.24, 2.45) is 7.05 Å². The zero-order valence-corrected chi connectivity index (χ0v) is 17.4. The molecule has 1 amide bonds. The van der Waals surface area contributed by atoms with E-state index in [2.05, 4.69) is 10.3 Å². The Morgan fingerprint density at radius 1 is 0.909 bits per heavy atom. The summed E-state index contributed by atoms with van der Waals surface area (Å²) >= 11 is 0. The first-order chi connectivity index (χ1) is 15.7. The number of hydrogen-bond acceptors (Lipinski definition) is 3. The SMILES string of the molecule is Cn1ccnc1C(=O)c1ccc(NC(=O)c2ccccc2-c2ccc(C(F)(F)F)cc2)cc1. The van der Waals surface area contributed by atoms with Crippen molar-refractivity contribution in [3.05, 3.63) is 108 Å². The molecule has 1 aromatic heterocycles. The molecule has 0 atom stereocenters. The van der Waals surface area contributed by atoms with Crippen LogP contribution in [-0.4, -0.2) is 21.2 Å². The number of ketones is 1. The molecule has 3 aromatic carbocycles. The van der Waals surface area contributed by atoms with E-state index >= 15 is 0 Å². The summed E-state index contributed by atoms with van der Waals surface area (Å²) in [6.45, 7) is 0. The Morgan fingerprint density at radius 2 is 1.58 bits per heavy atom. The molecule has 0 saturated heterocycles. The Bertz CT molecular complexity index is 1310. The number of carbonyl (C=O) groups is 2. The maximum Gasteiger partial charge on any atom is 0.416 e. The second kappa shape index (κ2) is 8.74. The van der Waals surface area contributed by atoms with Crippen molar-refractivity contribution >= 4 is 17.4 Å². The number of carbonyl (C=O) groups excluding carboxylic acids is 2. The largest absolute Gasteiger partial charge is 0.416 e. The first kappa shape index (κ1) is 22.0. The van der Waals surface area contributed by atoms with Crippen molar-refractivity contribution < 1.29 is 22.8 Å². The van der Waals surface area contributed by atoms with Gasteiger partial charge in [-0.2, -0.15) is 13.2 Å². The zero-order valence-electron chi connectivity index (χ0n) is 17.4. The van der Waals surface area contributed by atoms with Gasteiger partial charge in [0, 0.05) is 36.3 Å². The number of amides is 1. The van der Waals surface area contributed by atoms with E-state index in [1.165, 1.54) is 18.3 Å². The fraction of sp³-hybridized carbons (Fsp3) is 0.0800. The van der Waals surface area contributed by atoms with Crippen LogP contribution in [0.3, 0.4) is 0 Å². The number of anilines is 1. The number of alkyl halides is 3. The minimum absolute atomic E-state index is 0.243. The summed E-state index contributed by atoms with van der Waals surface area (Å²) in [6, 6.07) is 17.7. The van der Waals surface area contributed by atoms with E-state index in [-0.39, 0.29) is 5.78 Å². The van der Waals surface area contributed by atoms with Gasteiger partial charge in [-0.1, -0.05) is 30.3 Å². The molecule has 0 saturated carbocycles. The molecule has 0 aliphatic heterocycles. The van der Waals surface area contributed by atoms with Crippen molar-refractivity contribution in [1.29, 1.82) is 0 Å². The van der Waals surface area contributed by atoms with Gasteiger partial charge in [-0.25, -0.2) is 4.98 Å². The van der Waals surface area contributed by atoms with Crippen molar-refractivity contribution in [3.8, 4) is 11.1 Å². The third-order valence-corrected chi connectivity index (χ3v) is 5.12. The molecule has 33 heavy (non-hydrogen) atoms. The van der Waals surface area contributed by atoms with E-state index in [0.717, 1.165) is 12.1 Å². The second-order valence-electron chi connectivity index (χ2n) is 7.34. The molecule has 4 rings (SSSR count). The van der Waals surface area contributed by atoms with E-state index < -0.39 is 17.6 Å². The fourth-order valence-corrected chi connectivity index (χ4v) is 3.39. The maximum absolute atomic E-state index is 12.9. The first-order valence-corrected chi connectivity index (χ1v) is 9.94. The van der Waals surface area contributed by atoms with E-state index in [0.29, 0.717) is 33.8 Å². The number of imidazole rings is 1. The average molecular weight is 449 g/mol. The number of rotatable bonds is 5. The quantitative estimate of drug-likeness (QED) is 0.404. The number of hydrogen-bond donors (Lipinski definition) is 1. The third-order valence-electron chi connectivity index (χ3n) is 5.12. The molecule has 166 valence electrons. The first-order valence-electron chi connectivity index (χ1n) is 9.94. The average Bonchev–Trinajstić information content (AvgIpc) is 3.24. The number of nitrogens with one attached hydrogen (secondary N) is 1. The zero-order chi connectivity index (χ0) is 23.6. The van der Waals surface area contributed by atoms with Gasteiger partial charge >= 0.3 is 6.18 Å². The van der Waals surface area contributed by atoms with Gasteiger partial charge in [0.05, 0.1) is 5.56 Å². The van der Waals surface area contributed by atoms with Crippen molar-refractivity contribution in [1.82, 2.24) is 9.55 Å². The normalized spacial score (nSPS) is 11.3. The maximum atomic E-state index is 12.9. The standard InChI is InChI=1S/C25H18F3N3O2/c1-31-15-14-29-23(31)22(32)17-8-12-19(13-9-17)30-24(33)21-5-3-2-4-20(21)16-6-10-18(11-7-16)25(26,27)28/h2-15H,1H3,(H,30,33). The number of benzene rings is 3. The summed E-state index contributed by atoms with van der Waals surface area (Å²) in [7, 11) is 1.73. The van der Waals surface area contributed by atoms with Gasteiger partial charge < -0.3 is 9.88 Å². The van der Waals surface area contributed by atoms with Crippen molar-refractivity contribution in [3.63, 3.8) is 0 Å². The summed E-state index contributed by atoms with van der Waals surface area (Å²) in [5.74, 6) is -0.362. The molecule has 0 fully saturated rings. The number of aromatic nitrogens is 2. The van der Waals surface area contributed by atoms with Gasteiger partial charge in [-0.3, -0.25) is 9.59 Å². The van der Waals surface area contributed by atoms with Gasteiger partial charge in [-0.05, 0) is 53.6 Å². The van der Waals surface area contributed by atoms with E-state index in [1.54, 1.807) is 66.3 Å². The number of aryl methyl sites for hydroxylation is 1. The molecule has 1 N–H and O–H groups in total. The van der Waals surface area contributed by atoms with Crippen LogP contribution < -0.4 is 5.32 Å². The lowest BCUT2D eigenvalue weighted by Gasteiger charge is -2.12. The summed E-state index contributed by atoms with van der Waals surface area (Å²) in [5, 5.41) is 2.77. The van der Waals surface area contributed by atoms with Gasteiger partial charge in [0.25, 0.3) is 5.91 Å². The highest BCUT2D eigenvalue weighted by Crippen LogP contribution is 2.32. The third kappa shape index (κ3) is 4.69. The van der Waals surface area contributed by atoms with E-state index in [9.17, 15) is 22.8 Å². The Hall–Kier alpha value is -4.20. The summed E-state index contributed by atoms with van der Waals surface area (Å²) < 4.78 is 40.2. The molecule has 0 unspecified atom stereocenters. The molecule has 0 radical (unpaired) electrons. The van der Waals surface area contributed by atoms with Crippen molar-refractivity contribution in [2.75, 3.05) is 5.32 Å². The molecule has 5 nitrogen and oxygen atoms in total. The fourth-order valence-electron chi connectivity index (χ4n) is 3.39. The highest BCUT2D eigenvalue weighted by atomic mass is 19.4. The lowest BCUT2D eigenvalue weighted by Crippen LogP contribution is -2.13. The number of nitrogens with zero attached hydrogens (tertiary/aromatic N) is 2. The van der Waals surface area contributed by atoms with Crippen molar-refractivity contribution in [2.45, 2.75) is 6.18 Å². The second-order valence-corrected chi connectivity index (χ2v) is 7.34. The van der Waals surface area contributed by atoms with Crippen LogP contribution in [0.4, 0.5) is 18.9 Å². The molecule has 0 spiro atoms. The smallest absolute Gasteiger partial charge is 0.331 e. The Kier molecular flexibility index (Phi) is 5.83. The Balaban J connectivity index is 1.54. The molecule has 4 aromatic rings. The van der Waals surface area contributed by atoms with Crippen LogP contribution in [0.5, 0.6) is 0 Å². The minimum atomic E-state index is -4.43. The topological polar surface area (TPSA) is 64.0 Å². The minimum Gasteiger partial charge on any atom is -0.331 e. The predicted molar refractivity (Wildman–Crippen MR) is 118 cm³/mol. The van der Waals surface area contributed by atoms with Gasteiger partial charge in [0.2, 0.25) is 5.78 Å².